The Morgan fingerprint density at radius 2 is 1.11 bits per heavy atom. The Hall–Kier alpha value is -1.70. The second kappa shape index (κ2) is 7.04. The fourth-order valence-electron chi connectivity index (χ4n) is 1.49. The number of esters is 1. The molecule has 0 heterocycles. The first kappa shape index (κ1) is 25.3. The summed E-state index contributed by atoms with van der Waals surface area (Å²) in [7, 11) is 0. The van der Waals surface area contributed by atoms with Crippen LogP contribution in [0.2, 0.25) is 0 Å². The van der Waals surface area contributed by atoms with Gasteiger partial charge in [-0.3, -0.25) is 0 Å². The van der Waals surface area contributed by atoms with Gasteiger partial charge in [-0.1, -0.05) is 6.58 Å². The Balaban J connectivity index is 6.08. The molecule has 15 heteroatoms. The molecule has 0 aromatic rings. The van der Waals surface area contributed by atoms with Crippen LogP contribution in [-0.2, 0) is 9.53 Å². The van der Waals surface area contributed by atoms with Crippen LogP contribution in [0.5, 0.6) is 0 Å². The first-order chi connectivity index (χ1) is 11.6. The van der Waals surface area contributed by atoms with E-state index in [-0.39, 0.29) is 0 Å². The quantitative estimate of drug-likeness (QED) is 0.298. The van der Waals surface area contributed by atoms with Gasteiger partial charge in [0.15, 0.2) is 0 Å². The van der Waals surface area contributed by atoms with E-state index in [0.717, 1.165) is 6.92 Å². The molecule has 0 aliphatic carbocycles. The van der Waals surface area contributed by atoms with Crippen LogP contribution in [0, 0.1) is 0 Å². The molecule has 0 atom stereocenters. The summed E-state index contributed by atoms with van der Waals surface area (Å²) >= 11 is 0. The molecule has 0 aromatic heterocycles. The van der Waals surface area contributed by atoms with Gasteiger partial charge < -0.3 is 4.74 Å². The molecule has 0 aromatic carbocycles. The summed E-state index contributed by atoms with van der Waals surface area (Å²) in [6.07, 6.45) is -10.3. The molecule has 0 spiro atoms. The van der Waals surface area contributed by atoms with Crippen LogP contribution in [-0.4, -0.2) is 48.4 Å². The average Bonchev–Trinajstić information content (AvgIpc) is 2.44. The van der Waals surface area contributed by atoms with Gasteiger partial charge in [-0.15, -0.1) is 0 Å². The maximum absolute atomic E-state index is 13.4. The first-order valence-electron chi connectivity index (χ1n) is 6.42. The summed E-state index contributed by atoms with van der Waals surface area (Å²) in [6.45, 7) is 3.01. The minimum atomic E-state index is -7.98. The smallest absolute Gasteiger partial charge is 0.460 e. The second-order valence-corrected chi connectivity index (χ2v) is 5.00. The normalized spacial score (nSPS) is 14.9. The molecule has 0 unspecified atom stereocenters. The summed E-state index contributed by atoms with van der Waals surface area (Å²) < 4.78 is 171. The molecule has 0 saturated carbocycles. The van der Waals surface area contributed by atoms with Crippen molar-refractivity contribution >= 4 is 5.97 Å². The lowest BCUT2D eigenvalue weighted by atomic mass is 9.91. The number of carbonyl (C=O) groups excluding carboxylic acids is 1. The van der Waals surface area contributed by atoms with E-state index in [9.17, 15) is 61.9 Å². The number of hydrogen-bond acceptors (Lipinski definition) is 2. The zero-order valence-electron chi connectivity index (χ0n) is 12.9. The van der Waals surface area contributed by atoms with E-state index in [4.69, 9.17) is 0 Å². The monoisotopic (exact) mass is 432 g/mol. The van der Waals surface area contributed by atoms with E-state index in [0.29, 0.717) is 0 Å². The highest BCUT2D eigenvalue weighted by Gasteiger charge is 2.90. The van der Waals surface area contributed by atoms with Gasteiger partial charge in [-0.2, -0.15) is 57.1 Å². The van der Waals surface area contributed by atoms with Crippen LogP contribution in [0.15, 0.2) is 12.2 Å². The van der Waals surface area contributed by atoms with E-state index in [2.05, 4.69) is 11.3 Å². The van der Waals surface area contributed by atoms with Gasteiger partial charge in [-0.05, 0) is 6.92 Å². The van der Waals surface area contributed by atoms with Gasteiger partial charge in [-0.25, -0.2) is 4.79 Å². The lowest BCUT2D eigenvalue weighted by Crippen LogP contribution is -2.70. The van der Waals surface area contributed by atoms with Crippen molar-refractivity contribution in [2.24, 2.45) is 0 Å². The topological polar surface area (TPSA) is 26.3 Å². The minimum Gasteiger partial charge on any atom is -0.463 e. The van der Waals surface area contributed by atoms with Crippen molar-refractivity contribution in [2.45, 2.75) is 49.1 Å². The van der Waals surface area contributed by atoms with E-state index in [1.54, 1.807) is 0 Å². The second-order valence-electron chi connectivity index (χ2n) is 5.00. The van der Waals surface area contributed by atoms with Crippen LogP contribution in [0.25, 0.3) is 0 Å². The van der Waals surface area contributed by atoms with Gasteiger partial charge in [0.2, 0.25) is 0 Å². The van der Waals surface area contributed by atoms with Crippen LogP contribution >= 0.6 is 0 Å². The molecule has 0 rings (SSSR count). The Morgan fingerprint density at radius 3 is 1.44 bits per heavy atom. The molecule has 0 aliphatic rings. The lowest BCUT2D eigenvalue weighted by Gasteiger charge is -2.39. The van der Waals surface area contributed by atoms with Crippen molar-refractivity contribution in [1.29, 1.82) is 0 Å². The van der Waals surface area contributed by atoms with E-state index >= 15 is 0 Å². The van der Waals surface area contributed by atoms with Gasteiger partial charge in [0.05, 0.1) is 6.61 Å². The molecule has 0 amide bonds. The number of ether oxygens (including phenoxy) is 1. The van der Waals surface area contributed by atoms with Gasteiger partial charge in [0.25, 0.3) is 0 Å². The Labute approximate surface area is 141 Å². The zero-order valence-corrected chi connectivity index (χ0v) is 12.9. The predicted octanol–water partition coefficient (Wildman–Crippen LogP) is 5.23. The van der Waals surface area contributed by atoms with Crippen LogP contribution in [0.1, 0.15) is 13.3 Å². The maximum Gasteiger partial charge on any atom is 0.460 e. The predicted molar refractivity (Wildman–Crippen MR) is 61.2 cm³/mol. The molecule has 2 nitrogen and oxygen atoms in total. The SMILES string of the molecule is C=C(CC(F)(F)C(F)(F)C(F)(F)C(F)(F)C(F)(F)C(F)(F)F)C(=O)OCC. The highest BCUT2D eigenvalue weighted by molar-refractivity contribution is 5.87. The number of carbonyl (C=O) groups is 1. The minimum absolute atomic E-state index is 0.536. The van der Waals surface area contributed by atoms with E-state index in [1.807, 2.05) is 0 Å². The highest BCUT2D eigenvalue weighted by Crippen LogP contribution is 2.60. The Kier molecular flexibility index (Phi) is 6.59. The maximum atomic E-state index is 13.4. The Bertz CT molecular complexity index is 576. The molecular formula is C12H9F13O2. The largest absolute Gasteiger partial charge is 0.463 e. The number of halogens is 13. The van der Waals surface area contributed by atoms with Crippen molar-refractivity contribution in [2.75, 3.05) is 6.61 Å². The van der Waals surface area contributed by atoms with Crippen LogP contribution in [0.4, 0.5) is 57.1 Å². The fraction of sp³-hybridized carbons (Fsp3) is 0.750. The van der Waals surface area contributed by atoms with Crippen molar-refractivity contribution < 1.29 is 66.6 Å². The summed E-state index contributed by atoms with van der Waals surface area (Å²) in [6, 6.07) is 0. The summed E-state index contributed by atoms with van der Waals surface area (Å²) in [5, 5.41) is 0. The summed E-state index contributed by atoms with van der Waals surface area (Å²) in [5.74, 6) is -39.3. The molecule has 0 bridgehead atoms. The van der Waals surface area contributed by atoms with Crippen molar-refractivity contribution in [3.8, 4) is 0 Å². The zero-order chi connectivity index (χ0) is 22.3. The molecular weight excluding hydrogens is 423 g/mol. The molecule has 0 radical (unpaired) electrons. The standard InChI is InChI=1S/C12H9F13O2/c1-3-27-6(26)5(2)4-7(13,14)8(15,16)9(17,18)10(19,20)11(21,22)12(23,24)25/h2-4H2,1H3. The molecule has 0 aliphatic heterocycles. The lowest BCUT2D eigenvalue weighted by molar-refractivity contribution is -0.439. The van der Waals surface area contributed by atoms with Crippen molar-refractivity contribution in [1.82, 2.24) is 0 Å². The van der Waals surface area contributed by atoms with Crippen LogP contribution < -0.4 is 0 Å². The fourth-order valence-corrected chi connectivity index (χ4v) is 1.49. The average molecular weight is 432 g/mol. The molecule has 0 N–H and O–H groups in total. The van der Waals surface area contributed by atoms with E-state index < -0.39 is 60.4 Å². The Morgan fingerprint density at radius 1 is 0.741 bits per heavy atom. The van der Waals surface area contributed by atoms with Gasteiger partial charge in [0, 0.05) is 12.0 Å². The molecule has 0 fully saturated rings. The summed E-state index contributed by atoms with van der Waals surface area (Å²) in [4.78, 5) is 11.0. The number of hydrogen-bond donors (Lipinski definition) is 0. The van der Waals surface area contributed by atoms with Crippen molar-refractivity contribution in [3.63, 3.8) is 0 Å². The summed E-state index contributed by atoms with van der Waals surface area (Å²) in [5.41, 5.74) is -1.65. The van der Waals surface area contributed by atoms with Crippen molar-refractivity contribution in [3.05, 3.63) is 12.2 Å². The van der Waals surface area contributed by atoms with Crippen LogP contribution in [0.3, 0.4) is 0 Å². The number of alkyl halides is 13. The third-order valence-corrected chi connectivity index (χ3v) is 3.00. The number of rotatable bonds is 8. The molecule has 27 heavy (non-hydrogen) atoms. The molecule has 160 valence electrons. The first-order valence-corrected chi connectivity index (χ1v) is 6.42. The van der Waals surface area contributed by atoms with E-state index in [1.165, 1.54) is 0 Å². The van der Waals surface area contributed by atoms with Gasteiger partial charge in [0.1, 0.15) is 0 Å². The van der Waals surface area contributed by atoms with Gasteiger partial charge >= 0.3 is 41.8 Å². The highest BCUT2D eigenvalue weighted by atomic mass is 19.4. The molecule has 0 saturated heterocycles. The third-order valence-electron chi connectivity index (χ3n) is 3.00. The third kappa shape index (κ3) is 3.95.